The molecule has 0 amide bonds. The lowest BCUT2D eigenvalue weighted by Crippen LogP contribution is -2.28. The van der Waals surface area contributed by atoms with Gasteiger partial charge in [-0.1, -0.05) is 47.7 Å². The highest BCUT2D eigenvalue weighted by atomic mass is 35.5. The van der Waals surface area contributed by atoms with Crippen molar-refractivity contribution in [3.05, 3.63) is 105 Å². The third-order valence-corrected chi connectivity index (χ3v) is 12.4. The number of carboxylic acids is 1. The van der Waals surface area contributed by atoms with Gasteiger partial charge in [0.25, 0.3) is 0 Å². The average molecular weight is 814 g/mol. The summed E-state index contributed by atoms with van der Waals surface area (Å²) in [5, 5.41) is 34.8. The molecule has 0 saturated heterocycles. The molecule has 0 spiro atoms. The van der Waals surface area contributed by atoms with Crippen LogP contribution in [0, 0.1) is 0 Å². The Morgan fingerprint density at radius 1 is 0.873 bits per heavy atom. The van der Waals surface area contributed by atoms with Crippen LogP contribution in [0.25, 0.3) is 0 Å². The molecule has 0 atom stereocenters. The minimum atomic E-state index is -0.960. The first kappa shape index (κ1) is 42.9. The standard InChI is InChI=1S/C41H49ClN2O9S2/c1-27(45)30-13-17-34-32(25-30)40(2,3)36(43(34)21-6-8-23-54-52-50-48)19-15-28-11-10-12-29(38(28)42)16-20-37-41(4,5)33-26-31(39(46)47)14-18-35(33)44(37)22-7-9-24-55-53-51-49/h13-20,25-26H,6-12,21-24H2,1-5H3,(H2-,46,47,48,49)/p+1. The van der Waals surface area contributed by atoms with Crippen molar-refractivity contribution in [1.82, 2.24) is 0 Å². The van der Waals surface area contributed by atoms with Gasteiger partial charge in [-0.2, -0.15) is 4.58 Å². The quantitative estimate of drug-likeness (QED) is 0.0311. The molecular weight excluding hydrogens is 764 g/mol. The van der Waals surface area contributed by atoms with Gasteiger partial charge in [-0.25, -0.2) is 15.3 Å². The molecule has 3 aliphatic rings. The summed E-state index contributed by atoms with van der Waals surface area (Å²) in [7, 11) is 0. The Labute approximate surface area is 336 Å². The van der Waals surface area contributed by atoms with E-state index in [0.29, 0.717) is 23.6 Å². The van der Waals surface area contributed by atoms with E-state index in [0.717, 1.165) is 126 Å². The van der Waals surface area contributed by atoms with E-state index in [1.54, 1.807) is 19.1 Å². The van der Waals surface area contributed by atoms with E-state index in [2.05, 4.69) is 80.2 Å². The summed E-state index contributed by atoms with van der Waals surface area (Å²) >= 11 is 9.31. The summed E-state index contributed by atoms with van der Waals surface area (Å²) in [5.74, 6) is 0.367. The zero-order valence-corrected chi connectivity index (χ0v) is 34.3. The Morgan fingerprint density at radius 2 is 1.55 bits per heavy atom. The Kier molecular flexibility index (Phi) is 15.0. The Balaban J connectivity index is 1.45. The minimum absolute atomic E-state index is 0.0303. The SMILES string of the molecule is CC(=O)c1ccc2c(c1)C(C)(C)/C(=C\C=C1/CCCC(/C=C/C3=[N+](CCCCSOOO)c4ccc(C(=O)O)cc4C3(C)C)=C1Cl)N2CCCCSOOO. The number of fused-ring (bicyclic) bond motifs is 2. The molecule has 0 aromatic heterocycles. The summed E-state index contributed by atoms with van der Waals surface area (Å²) in [5.41, 5.74) is 8.53. The number of carbonyl (C=O) groups is 2. The fourth-order valence-corrected chi connectivity index (χ4v) is 8.91. The number of hydrogen-bond donors (Lipinski definition) is 3. The minimum Gasteiger partial charge on any atom is -0.478 e. The van der Waals surface area contributed by atoms with Crippen LogP contribution in [-0.2, 0) is 29.6 Å². The molecule has 2 aliphatic heterocycles. The van der Waals surface area contributed by atoms with Gasteiger partial charge in [-0.15, -0.1) is 8.67 Å². The molecule has 1 aliphatic carbocycles. The summed E-state index contributed by atoms with van der Waals surface area (Å²) in [6, 6.07) is 11.3. The largest absolute Gasteiger partial charge is 0.478 e. The van der Waals surface area contributed by atoms with Crippen LogP contribution in [0.15, 0.2) is 82.6 Å². The molecule has 5 rings (SSSR count). The molecule has 11 nitrogen and oxygen atoms in total. The molecule has 0 radical (unpaired) electrons. The van der Waals surface area contributed by atoms with Crippen LogP contribution < -0.4 is 4.90 Å². The molecule has 0 saturated carbocycles. The molecule has 2 aromatic carbocycles. The molecular formula is C41H50ClN2O9S2+. The fourth-order valence-electron chi connectivity index (χ4n) is 7.72. The van der Waals surface area contributed by atoms with Crippen LogP contribution in [0.1, 0.15) is 111 Å². The van der Waals surface area contributed by atoms with E-state index >= 15 is 0 Å². The second-order valence-corrected chi connectivity index (χ2v) is 16.8. The second-order valence-electron chi connectivity index (χ2n) is 14.9. The first-order chi connectivity index (χ1) is 26.3. The van der Waals surface area contributed by atoms with Crippen LogP contribution in [0.3, 0.4) is 0 Å². The normalized spacial score (nSPS) is 18.9. The zero-order valence-electron chi connectivity index (χ0n) is 31.9. The van der Waals surface area contributed by atoms with Crippen molar-refractivity contribution in [1.29, 1.82) is 0 Å². The molecule has 0 bridgehead atoms. The second kappa shape index (κ2) is 19.3. The fraction of sp³-hybridized carbons (Fsp3) is 0.439. The smallest absolute Gasteiger partial charge is 0.335 e. The van der Waals surface area contributed by atoms with Gasteiger partial charge in [0.15, 0.2) is 11.5 Å². The first-order valence-corrected chi connectivity index (χ1v) is 20.7. The topological polar surface area (TPSA) is 138 Å². The van der Waals surface area contributed by atoms with Crippen molar-refractivity contribution in [2.24, 2.45) is 0 Å². The number of unbranched alkanes of at least 4 members (excludes halogenated alkanes) is 2. The summed E-state index contributed by atoms with van der Waals surface area (Å²) in [6.45, 7) is 11.7. The molecule has 0 fully saturated rings. The molecule has 2 heterocycles. The maximum Gasteiger partial charge on any atom is 0.335 e. The summed E-state index contributed by atoms with van der Waals surface area (Å²) in [4.78, 5) is 26.6. The Morgan fingerprint density at radius 3 is 2.22 bits per heavy atom. The van der Waals surface area contributed by atoms with Gasteiger partial charge in [-0.3, -0.25) is 4.79 Å². The highest BCUT2D eigenvalue weighted by molar-refractivity contribution is 7.94. The lowest BCUT2D eigenvalue weighted by atomic mass is 9.80. The first-order valence-electron chi connectivity index (χ1n) is 18.5. The number of aromatic carboxylic acids is 1. The number of anilines is 1. The Hall–Kier alpha value is -3.24. The van der Waals surface area contributed by atoms with Gasteiger partial charge >= 0.3 is 5.97 Å². The highest BCUT2D eigenvalue weighted by Gasteiger charge is 2.45. The van der Waals surface area contributed by atoms with E-state index in [-0.39, 0.29) is 16.8 Å². The van der Waals surface area contributed by atoms with Crippen LogP contribution >= 0.6 is 35.7 Å². The number of nitrogens with zero attached hydrogens (tertiary/aromatic N) is 2. The van der Waals surface area contributed by atoms with Crippen LogP contribution in [0.5, 0.6) is 0 Å². The van der Waals surface area contributed by atoms with E-state index < -0.39 is 11.4 Å². The number of hydrogen-bond acceptors (Lipinski definition) is 11. The molecule has 0 unspecified atom stereocenters. The highest BCUT2D eigenvalue weighted by Crippen LogP contribution is 2.49. The number of carbonyl (C=O) groups excluding carboxylic acids is 1. The van der Waals surface area contributed by atoms with E-state index in [9.17, 15) is 14.7 Å². The third kappa shape index (κ3) is 9.84. The number of ketones is 1. The number of halogens is 1. The summed E-state index contributed by atoms with van der Waals surface area (Å²) in [6.07, 6.45) is 14.6. The van der Waals surface area contributed by atoms with E-state index in [4.69, 9.17) is 22.1 Å². The van der Waals surface area contributed by atoms with Gasteiger partial charge in [0.2, 0.25) is 5.69 Å². The predicted octanol–water partition coefficient (Wildman–Crippen LogP) is 10.5. The van der Waals surface area contributed by atoms with E-state index in [1.807, 2.05) is 24.3 Å². The van der Waals surface area contributed by atoms with Gasteiger partial charge in [0.1, 0.15) is 6.54 Å². The third-order valence-electron chi connectivity index (χ3n) is 10.7. The van der Waals surface area contributed by atoms with E-state index in [1.165, 1.54) is 0 Å². The monoisotopic (exact) mass is 813 g/mol. The van der Waals surface area contributed by atoms with Crippen molar-refractivity contribution in [3.63, 3.8) is 0 Å². The molecule has 14 heteroatoms. The number of carboxylic acid groups (broad SMARTS) is 1. The lowest BCUT2D eigenvalue weighted by molar-refractivity contribution is -0.438. The average Bonchev–Trinajstić information content (AvgIpc) is 3.50. The van der Waals surface area contributed by atoms with Crippen molar-refractivity contribution in [3.8, 4) is 0 Å². The van der Waals surface area contributed by atoms with Crippen LogP contribution in [0.2, 0.25) is 0 Å². The molecule has 2 aromatic rings. The van der Waals surface area contributed by atoms with Crippen LogP contribution in [0.4, 0.5) is 11.4 Å². The predicted molar refractivity (Wildman–Crippen MR) is 218 cm³/mol. The number of rotatable bonds is 19. The zero-order chi connectivity index (χ0) is 39.8. The van der Waals surface area contributed by atoms with Crippen molar-refractivity contribution < 1.29 is 48.5 Å². The molecule has 296 valence electrons. The van der Waals surface area contributed by atoms with Crippen molar-refractivity contribution in [2.45, 2.75) is 90.4 Å². The maximum absolute atomic E-state index is 12.3. The summed E-state index contributed by atoms with van der Waals surface area (Å²) < 4.78 is 11.3. The van der Waals surface area contributed by atoms with Gasteiger partial charge in [0, 0.05) is 93.7 Å². The van der Waals surface area contributed by atoms with Gasteiger partial charge in [0.05, 0.1) is 11.0 Å². The van der Waals surface area contributed by atoms with Gasteiger partial charge < -0.3 is 10.0 Å². The lowest BCUT2D eigenvalue weighted by Gasteiger charge is -2.27. The van der Waals surface area contributed by atoms with Crippen LogP contribution in [-0.4, -0.2) is 62.3 Å². The number of benzene rings is 2. The van der Waals surface area contributed by atoms with Crippen molar-refractivity contribution in [2.75, 3.05) is 29.5 Å². The number of allylic oxidation sites excluding steroid dienone is 8. The van der Waals surface area contributed by atoms with Gasteiger partial charge in [-0.05, 0) is 112 Å². The maximum atomic E-state index is 12.3. The molecule has 3 N–H and O–H groups in total. The number of Topliss-reactive ketones (excluding diaryl/α,β-unsaturated/α-hetero) is 1. The molecule has 55 heavy (non-hydrogen) atoms. The Bertz CT molecular complexity index is 1920. The van der Waals surface area contributed by atoms with Crippen molar-refractivity contribution >= 4 is 64.5 Å².